The second-order valence-corrected chi connectivity index (χ2v) is 9.54. The van der Waals surface area contributed by atoms with Crippen molar-refractivity contribution in [1.82, 2.24) is 10.2 Å². The van der Waals surface area contributed by atoms with Gasteiger partial charge in [-0.25, -0.2) is 0 Å². The average Bonchev–Trinajstić information content (AvgIpc) is 3.25. The molecule has 1 saturated heterocycles. The molecular weight excluding hydrogens is 364 g/mol. The summed E-state index contributed by atoms with van der Waals surface area (Å²) in [6.07, 6.45) is 6.28. The summed E-state index contributed by atoms with van der Waals surface area (Å²) in [6, 6.07) is 12.7. The molecule has 2 amide bonds. The van der Waals surface area contributed by atoms with E-state index in [-0.39, 0.29) is 34.4 Å². The Morgan fingerprint density at radius 3 is 2.55 bits per heavy atom. The fourth-order valence-electron chi connectivity index (χ4n) is 5.30. The van der Waals surface area contributed by atoms with Gasteiger partial charge in [0.2, 0.25) is 0 Å². The third-order valence-corrected chi connectivity index (χ3v) is 6.02. The number of nitrogens with one attached hydrogen (secondary N) is 1. The van der Waals surface area contributed by atoms with Crippen LogP contribution in [0.3, 0.4) is 0 Å². The molecule has 1 N–H and O–H groups in total. The van der Waals surface area contributed by atoms with Crippen LogP contribution in [-0.4, -0.2) is 29.3 Å². The van der Waals surface area contributed by atoms with E-state index in [2.05, 4.69) is 26.1 Å². The summed E-state index contributed by atoms with van der Waals surface area (Å²) in [4.78, 5) is 28.2. The zero-order chi connectivity index (χ0) is 20.6. The highest BCUT2D eigenvalue weighted by Crippen LogP contribution is 2.52. The highest BCUT2D eigenvalue weighted by Gasteiger charge is 2.51. The summed E-state index contributed by atoms with van der Waals surface area (Å²) < 4.78 is 5.41. The third kappa shape index (κ3) is 4.14. The Morgan fingerprint density at radius 1 is 1.10 bits per heavy atom. The summed E-state index contributed by atoms with van der Waals surface area (Å²) in [5, 5.41) is 2.83. The first kappa shape index (κ1) is 19.5. The number of benzene rings is 1. The SMILES string of the molecule is CC1(C)C[C@@H]2C[C@](C)(CN2C(=O)/C(=C/c2ccco2)NC(=O)c2ccccc2)C1. The molecule has 4 rings (SSSR count). The van der Waals surface area contributed by atoms with E-state index in [1.54, 1.807) is 48.7 Å². The summed E-state index contributed by atoms with van der Waals surface area (Å²) in [6.45, 7) is 7.55. The van der Waals surface area contributed by atoms with Crippen LogP contribution in [0.4, 0.5) is 0 Å². The lowest BCUT2D eigenvalue weighted by atomic mass is 9.65. The molecule has 1 saturated carbocycles. The van der Waals surface area contributed by atoms with Gasteiger partial charge in [-0.3, -0.25) is 9.59 Å². The smallest absolute Gasteiger partial charge is 0.270 e. The lowest BCUT2D eigenvalue weighted by molar-refractivity contribution is -0.128. The first-order chi connectivity index (χ1) is 13.7. The number of furan rings is 1. The largest absolute Gasteiger partial charge is 0.465 e. The third-order valence-electron chi connectivity index (χ3n) is 6.02. The van der Waals surface area contributed by atoms with Gasteiger partial charge in [0.25, 0.3) is 11.8 Å². The van der Waals surface area contributed by atoms with E-state index in [0.29, 0.717) is 11.3 Å². The Balaban J connectivity index is 1.62. The normalized spacial score (nSPS) is 25.7. The van der Waals surface area contributed by atoms with Gasteiger partial charge in [-0.1, -0.05) is 39.0 Å². The number of hydrogen-bond acceptors (Lipinski definition) is 3. The number of fused-ring (bicyclic) bond motifs is 2. The predicted molar refractivity (Wildman–Crippen MR) is 112 cm³/mol. The van der Waals surface area contributed by atoms with Crippen molar-refractivity contribution in [2.45, 2.75) is 46.1 Å². The number of rotatable bonds is 4. The Morgan fingerprint density at radius 2 is 1.86 bits per heavy atom. The van der Waals surface area contributed by atoms with Crippen molar-refractivity contribution in [3.63, 3.8) is 0 Å². The Bertz CT molecular complexity index is 930. The van der Waals surface area contributed by atoms with E-state index >= 15 is 0 Å². The van der Waals surface area contributed by atoms with Crippen molar-refractivity contribution in [3.8, 4) is 0 Å². The van der Waals surface area contributed by atoms with E-state index < -0.39 is 0 Å². The van der Waals surface area contributed by atoms with Crippen molar-refractivity contribution in [1.29, 1.82) is 0 Å². The van der Waals surface area contributed by atoms with E-state index in [1.807, 2.05) is 11.0 Å². The lowest BCUT2D eigenvalue weighted by Crippen LogP contribution is -2.42. The zero-order valence-electron chi connectivity index (χ0n) is 17.3. The number of carbonyl (C=O) groups is 2. The number of hydrogen-bond donors (Lipinski definition) is 1. The van der Waals surface area contributed by atoms with Gasteiger partial charge in [0.05, 0.1) is 6.26 Å². The van der Waals surface area contributed by atoms with Crippen LogP contribution < -0.4 is 5.32 Å². The molecular formula is C24H28N2O3. The summed E-state index contributed by atoms with van der Waals surface area (Å²) in [5.41, 5.74) is 1.10. The number of nitrogens with zero attached hydrogens (tertiary/aromatic N) is 1. The molecule has 2 aliphatic rings. The molecule has 2 fully saturated rings. The second-order valence-electron chi connectivity index (χ2n) is 9.54. The molecule has 0 unspecified atom stereocenters. The maximum Gasteiger partial charge on any atom is 0.270 e. The fourth-order valence-corrected chi connectivity index (χ4v) is 5.30. The van der Waals surface area contributed by atoms with Crippen LogP contribution in [-0.2, 0) is 4.79 Å². The summed E-state index contributed by atoms with van der Waals surface area (Å²) in [7, 11) is 0. The highest BCUT2D eigenvalue weighted by atomic mass is 16.3. The first-order valence-corrected chi connectivity index (χ1v) is 10.2. The molecule has 0 radical (unpaired) electrons. The van der Waals surface area contributed by atoms with Gasteiger partial charge in [-0.05, 0) is 54.4 Å². The van der Waals surface area contributed by atoms with Crippen LogP contribution in [0, 0.1) is 10.8 Å². The van der Waals surface area contributed by atoms with Crippen molar-refractivity contribution in [2.75, 3.05) is 6.54 Å². The van der Waals surface area contributed by atoms with Crippen LogP contribution in [0.5, 0.6) is 0 Å². The summed E-state index contributed by atoms with van der Waals surface area (Å²) in [5.74, 6) is 0.0954. The number of carbonyl (C=O) groups excluding carboxylic acids is 2. The number of amides is 2. The van der Waals surface area contributed by atoms with E-state index in [1.165, 1.54) is 0 Å². The van der Waals surface area contributed by atoms with Gasteiger partial charge in [-0.2, -0.15) is 0 Å². The molecule has 2 aromatic rings. The van der Waals surface area contributed by atoms with Gasteiger partial charge in [0.15, 0.2) is 0 Å². The fraction of sp³-hybridized carbons (Fsp3) is 0.417. The van der Waals surface area contributed by atoms with Crippen molar-refractivity contribution < 1.29 is 14.0 Å². The number of likely N-dealkylation sites (tertiary alicyclic amines) is 1. The molecule has 2 heterocycles. The monoisotopic (exact) mass is 392 g/mol. The molecule has 1 aliphatic carbocycles. The first-order valence-electron chi connectivity index (χ1n) is 10.2. The Labute approximate surface area is 171 Å². The molecule has 2 bridgehead atoms. The average molecular weight is 392 g/mol. The van der Waals surface area contributed by atoms with E-state index in [9.17, 15) is 9.59 Å². The van der Waals surface area contributed by atoms with Crippen molar-refractivity contribution in [3.05, 3.63) is 65.7 Å². The molecule has 1 aromatic heterocycles. The van der Waals surface area contributed by atoms with Gasteiger partial charge >= 0.3 is 0 Å². The van der Waals surface area contributed by atoms with E-state index in [0.717, 1.165) is 25.8 Å². The lowest BCUT2D eigenvalue weighted by Gasteiger charge is -2.39. The minimum absolute atomic E-state index is 0.126. The minimum Gasteiger partial charge on any atom is -0.465 e. The summed E-state index contributed by atoms with van der Waals surface area (Å²) >= 11 is 0. The van der Waals surface area contributed by atoms with Gasteiger partial charge < -0.3 is 14.6 Å². The highest BCUT2D eigenvalue weighted by molar-refractivity contribution is 6.05. The Kier molecular flexibility index (Phi) is 4.85. The van der Waals surface area contributed by atoms with Gasteiger partial charge in [0.1, 0.15) is 11.5 Å². The zero-order valence-corrected chi connectivity index (χ0v) is 17.3. The Hall–Kier alpha value is -2.82. The predicted octanol–water partition coefficient (Wildman–Crippen LogP) is 4.48. The van der Waals surface area contributed by atoms with Crippen LogP contribution in [0.25, 0.3) is 6.08 Å². The quantitative estimate of drug-likeness (QED) is 0.781. The topological polar surface area (TPSA) is 62.6 Å². The minimum atomic E-state index is -0.300. The van der Waals surface area contributed by atoms with Crippen LogP contribution in [0.2, 0.25) is 0 Å². The van der Waals surface area contributed by atoms with E-state index in [4.69, 9.17) is 4.42 Å². The van der Waals surface area contributed by atoms with Gasteiger partial charge in [0, 0.05) is 24.2 Å². The van der Waals surface area contributed by atoms with Crippen molar-refractivity contribution in [2.24, 2.45) is 10.8 Å². The van der Waals surface area contributed by atoms with Crippen molar-refractivity contribution >= 4 is 17.9 Å². The van der Waals surface area contributed by atoms with Crippen LogP contribution >= 0.6 is 0 Å². The molecule has 152 valence electrons. The standard InChI is InChI=1S/C24H28N2O3/c1-23(2)13-18-14-24(3,15-23)16-26(18)22(28)20(12-19-10-7-11-29-19)25-21(27)17-8-5-4-6-9-17/h4-12,18H,13-16H2,1-3H3,(H,25,27)/b20-12-/t18-,24+/m1/s1. The van der Waals surface area contributed by atoms with Crippen LogP contribution in [0.1, 0.15) is 56.2 Å². The molecule has 1 aliphatic heterocycles. The maximum atomic E-state index is 13.5. The molecule has 5 nitrogen and oxygen atoms in total. The maximum absolute atomic E-state index is 13.5. The molecule has 2 atom stereocenters. The molecule has 1 aromatic carbocycles. The van der Waals surface area contributed by atoms with Crippen LogP contribution in [0.15, 0.2) is 58.8 Å². The van der Waals surface area contributed by atoms with Gasteiger partial charge in [-0.15, -0.1) is 0 Å². The molecule has 5 heteroatoms. The molecule has 29 heavy (non-hydrogen) atoms. The second kappa shape index (κ2) is 7.21. The molecule has 0 spiro atoms.